The molecule has 2 aromatic rings. The third kappa shape index (κ3) is 4.35. The topological polar surface area (TPSA) is 102 Å². The Hall–Kier alpha value is -1.87. The maximum Gasteiger partial charge on any atom is 0.252 e. The van der Waals surface area contributed by atoms with Gasteiger partial charge in [-0.3, -0.25) is 9.78 Å². The fourth-order valence-electron chi connectivity index (χ4n) is 2.22. The number of hydrogen-bond acceptors (Lipinski definition) is 6. The molecule has 1 aromatic heterocycles. The Labute approximate surface area is 150 Å². The van der Waals surface area contributed by atoms with Crippen LogP contribution in [0.15, 0.2) is 29.1 Å². The van der Waals surface area contributed by atoms with Crippen molar-refractivity contribution in [3.63, 3.8) is 0 Å². The second-order valence-corrected chi connectivity index (χ2v) is 5.28. The first-order valence-corrected chi connectivity index (χ1v) is 7.35. The molecule has 0 spiro atoms. The number of aliphatic hydroxyl groups is 1. The summed E-state index contributed by atoms with van der Waals surface area (Å²) >= 11 is 5.21. The van der Waals surface area contributed by atoms with E-state index < -0.39 is 6.10 Å². The highest BCUT2D eigenvalue weighted by Crippen LogP contribution is 2.32. The molecule has 9 heteroatoms. The van der Waals surface area contributed by atoms with E-state index in [1.165, 1.54) is 13.2 Å². The second kappa shape index (κ2) is 8.84. The molecule has 1 unspecified atom stereocenters. The summed E-state index contributed by atoms with van der Waals surface area (Å²) in [6.07, 6.45) is -0.782. The van der Waals surface area contributed by atoms with Crippen LogP contribution in [0.2, 0.25) is 0 Å². The first-order chi connectivity index (χ1) is 11.0. The SMILES string of the molecule is COc1ccc(-c2cc(=O)[nH]c(=S)n2CC(O)CN)c(OC)c1.Cl. The van der Waals surface area contributed by atoms with E-state index in [0.717, 1.165) is 0 Å². The van der Waals surface area contributed by atoms with Crippen LogP contribution in [0.3, 0.4) is 0 Å². The molecule has 0 aliphatic carbocycles. The van der Waals surface area contributed by atoms with Crippen molar-refractivity contribution in [2.75, 3.05) is 20.8 Å². The van der Waals surface area contributed by atoms with E-state index in [-0.39, 0.29) is 35.8 Å². The Balaban J connectivity index is 0.00000288. The molecular formula is C15H20ClN3O4S. The van der Waals surface area contributed by atoms with Gasteiger partial charge in [-0.25, -0.2) is 0 Å². The Morgan fingerprint density at radius 1 is 1.33 bits per heavy atom. The molecule has 2 rings (SSSR count). The Morgan fingerprint density at radius 3 is 2.62 bits per heavy atom. The molecule has 0 saturated carbocycles. The molecule has 1 atom stereocenters. The fraction of sp³-hybridized carbons (Fsp3) is 0.333. The van der Waals surface area contributed by atoms with Gasteiger partial charge < -0.3 is 24.9 Å². The number of halogens is 1. The number of methoxy groups -OCH3 is 2. The van der Waals surface area contributed by atoms with Crippen LogP contribution >= 0.6 is 24.6 Å². The van der Waals surface area contributed by atoms with E-state index in [1.807, 2.05) is 0 Å². The van der Waals surface area contributed by atoms with Gasteiger partial charge in [0.2, 0.25) is 0 Å². The van der Waals surface area contributed by atoms with Crippen molar-refractivity contribution in [2.45, 2.75) is 12.6 Å². The lowest BCUT2D eigenvalue weighted by molar-refractivity contribution is 0.161. The van der Waals surface area contributed by atoms with Crippen molar-refractivity contribution in [3.05, 3.63) is 39.4 Å². The zero-order valence-electron chi connectivity index (χ0n) is 13.3. The van der Waals surface area contributed by atoms with E-state index >= 15 is 0 Å². The standard InChI is InChI=1S/C15H19N3O4S.ClH/c1-21-10-3-4-11(13(5-10)22-2)12-6-14(20)17-15(23)18(12)8-9(19)7-16;/h3-6,9,19H,7-8,16H2,1-2H3,(H,17,20,23);1H. The van der Waals surface area contributed by atoms with Gasteiger partial charge in [0.1, 0.15) is 11.5 Å². The van der Waals surface area contributed by atoms with E-state index in [0.29, 0.717) is 22.8 Å². The number of ether oxygens (including phenoxy) is 2. The van der Waals surface area contributed by atoms with Gasteiger partial charge in [0.25, 0.3) is 5.56 Å². The average Bonchev–Trinajstić information content (AvgIpc) is 2.56. The average molecular weight is 374 g/mol. The summed E-state index contributed by atoms with van der Waals surface area (Å²) < 4.78 is 12.4. The third-order valence-electron chi connectivity index (χ3n) is 3.38. The maximum absolute atomic E-state index is 11.8. The highest BCUT2D eigenvalue weighted by Gasteiger charge is 2.15. The van der Waals surface area contributed by atoms with E-state index in [2.05, 4.69) is 4.98 Å². The Kier molecular flexibility index (Phi) is 7.43. The molecule has 4 N–H and O–H groups in total. The lowest BCUT2D eigenvalue weighted by Crippen LogP contribution is -2.27. The summed E-state index contributed by atoms with van der Waals surface area (Å²) in [4.78, 5) is 14.4. The fourth-order valence-corrected chi connectivity index (χ4v) is 2.49. The van der Waals surface area contributed by atoms with Gasteiger partial charge >= 0.3 is 0 Å². The largest absolute Gasteiger partial charge is 0.497 e. The molecule has 0 bridgehead atoms. The zero-order chi connectivity index (χ0) is 17.0. The summed E-state index contributed by atoms with van der Waals surface area (Å²) in [5.74, 6) is 1.16. The molecule has 0 saturated heterocycles. The summed E-state index contributed by atoms with van der Waals surface area (Å²) in [6, 6.07) is 6.64. The number of aromatic nitrogens is 2. The van der Waals surface area contributed by atoms with Gasteiger partial charge in [-0.2, -0.15) is 0 Å². The van der Waals surface area contributed by atoms with E-state index in [4.69, 9.17) is 27.4 Å². The van der Waals surface area contributed by atoms with Crippen LogP contribution in [0.25, 0.3) is 11.3 Å². The Morgan fingerprint density at radius 2 is 2.04 bits per heavy atom. The summed E-state index contributed by atoms with van der Waals surface area (Å²) in [6.45, 7) is 0.247. The normalized spacial score (nSPS) is 11.5. The minimum atomic E-state index is -0.782. The van der Waals surface area contributed by atoms with Crippen LogP contribution in [0.4, 0.5) is 0 Å². The predicted octanol–water partition coefficient (Wildman–Crippen LogP) is 1.33. The smallest absolute Gasteiger partial charge is 0.252 e. The van der Waals surface area contributed by atoms with Crippen LogP contribution < -0.4 is 20.8 Å². The number of aliphatic hydroxyl groups excluding tert-OH is 1. The van der Waals surface area contributed by atoms with Crippen molar-refractivity contribution in [2.24, 2.45) is 5.73 Å². The highest BCUT2D eigenvalue weighted by molar-refractivity contribution is 7.71. The van der Waals surface area contributed by atoms with Gasteiger partial charge in [0.15, 0.2) is 4.77 Å². The van der Waals surface area contributed by atoms with Gasteiger partial charge in [-0.1, -0.05) is 0 Å². The number of benzene rings is 1. The lowest BCUT2D eigenvalue weighted by Gasteiger charge is -2.18. The number of H-pyrrole nitrogens is 1. The zero-order valence-corrected chi connectivity index (χ0v) is 14.9. The molecule has 0 aliphatic heterocycles. The monoisotopic (exact) mass is 373 g/mol. The number of aromatic amines is 1. The van der Waals surface area contributed by atoms with Crippen LogP contribution in [0.1, 0.15) is 0 Å². The van der Waals surface area contributed by atoms with Gasteiger partial charge in [-0.05, 0) is 24.4 Å². The molecule has 1 heterocycles. The van der Waals surface area contributed by atoms with Crippen molar-refractivity contribution in [1.29, 1.82) is 0 Å². The summed E-state index contributed by atoms with van der Waals surface area (Å²) in [5, 5.41) is 9.85. The Bertz CT molecular complexity index is 806. The van der Waals surface area contributed by atoms with Gasteiger partial charge in [0.05, 0.1) is 32.6 Å². The number of hydrogen-bond donors (Lipinski definition) is 3. The van der Waals surface area contributed by atoms with Gasteiger partial charge in [0, 0.05) is 24.2 Å². The first-order valence-electron chi connectivity index (χ1n) is 6.94. The maximum atomic E-state index is 11.8. The van der Waals surface area contributed by atoms with Crippen molar-refractivity contribution in [3.8, 4) is 22.8 Å². The molecule has 132 valence electrons. The number of nitrogens with one attached hydrogen (secondary N) is 1. The quantitative estimate of drug-likeness (QED) is 0.660. The number of nitrogens with zero attached hydrogens (tertiary/aromatic N) is 1. The molecule has 1 aromatic carbocycles. The van der Waals surface area contributed by atoms with Gasteiger partial charge in [-0.15, -0.1) is 12.4 Å². The summed E-state index contributed by atoms with van der Waals surface area (Å²) in [7, 11) is 3.08. The predicted molar refractivity (Wildman–Crippen MR) is 96.7 cm³/mol. The minimum absolute atomic E-state index is 0. The van der Waals surface area contributed by atoms with Crippen LogP contribution in [0.5, 0.6) is 11.5 Å². The molecule has 0 amide bonds. The number of rotatable bonds is 6. The molecule has 0 radical (unpaired) electrons. The molecular weight excluding hydrogens is 354 g/mol. The van der Waals surface area contributed by atoms with Crippen molar-refractivity contribution in [1.82, 2.24) is 9.55 Å². The van der Waals surface area contributed by atoms with Crippen LogP contribution in [0, 0.1) is 4.77 Å². The van der Waals surface area contributed by atoms with Crippen molar-refractivity contribution >= 4 is 24.6 Å². The molecule has 24 heavy (non-hydrogen) atoms. The summed E-state index contributed by atoms with van der Waals surface area (Å²) in [5.41, 5.74) is 6.33. The first kappa shape index (κ1) is 20.2. The molecule has 0 fully saturated rings. The lowest BCUT2D eigenvalue weighted by atomic mass is 10.1. The minimum Gasteiger partial charge on any atom is -0.497 e. The van der Waals surface area contributed by atoms with Crippen LogP contribution in [-0.4, -0.2) is 41.5 Å². The second-order valence-electron chi connectivity index (χ2n) is 4.89. The molecule has 0 aliphatic rings. The number of nitrogens with two attached hydrogens (primary N) is 1. The van der Waals surface area contributed by atoms with Crippen molar-refractivity contribution < 1.29 is 14.6 Å². The third-order valence-corrected chi connectivity index (χ3v) is 3.71. The van der Waals surface area contributed by atoms with Crippen LogP contribution in [-0.2, 0) is 6.54 Å². The van der Waals surface area contributed by atoms with E-state index in [1.54, 1.807) is 29.9 Å². The highest BCUT2D eigenvalue weighted by atomic mass is 35.5. The van der Waals surface area contributed by atoms with E-state index in [9.17, 15) is 9.90 Å². The molecule has 7 nitrogen and oxygen atoms in total.